The van der Waals surface area contributed by atoms with E-state index in [2.05, 4.69) is 0 Å². The van der Waals surface area contributed by atoms with E-state index in [0.717, 1.165) is 11.1 Å². The second kappa shape index (κ2) is 8.39. The molecule has 0 amide bonds. The number of carbonyl (C=O) groups excluding carboxylic acids is 2. The predicted octanol–water partition coefficient (Wildman–Crippen LogP) is 4.84. The molecule has 0 aliphatic rings. The van der Waals surface area contributed by atoms with Crippen LogP contribution in [0.5, 0.6) is 11.5 Å². The average Bonchev–Trinajstić information content (AvgIpc) is 2.69. The Bertz CT molecular complexity index is 955. The van der Waals surface area contributed by atoms with E-state index < -0.39 is 11.9 Å². The van der Waals surface area contributed by atoms with Crippen LogP contribution in [0.1, 0.15) is 34.6 Å². The van der Waals surface area contributed by atoms with Gasteiger partial charge in [-0.15, -0.1) is 0 Å². The van der Waals surface area contributed by atoms with Crippen molar-refractivity contribution in [3.63, 3.8) is 0 Å². The van der Waals surface area contributed by atoms with E-state index in [1.165, 1.54) is 0 Å². The molecule has 0 spiro atoms. The van der Waals surface area contributed by atoms with Gasteiger partial charge in [0.1, 0.15) is 11.5 Å². The zero-order valence-corrected chi connectivity index (χ0v) is 15.6. The fourth-order valence-corrected chi connectivity index (χ4v) is 2.56. The summed E-state index contributed by atoms with van der Waals surface area (Å²) in [5.74, 6) is -0.367. The first-order chi connectivity index (χ1) is 13.4. The molecular weight excluding hydrogens is 356 g/mol. The molecule has 0 saturated heterocycles. The maximum Gasteiger partial charge on any atom is 0.343 e. The molecule has 0 aromatic heterocycles. The minimum absolute atomic E-state index is 0.199. The molecule has 0 unspecified atom stereocenters. The summed E-state index contributed by atoms with van der Waals surface area (Å²) in [7, 11) is 0. The summed E-state index contributed by atoms with van der Waals surface area (Å²) >= 11 is 0. The highest BCUT2D eigenvalue weighted by Crippen LogP contribution is 2.23. The summed E-state index contributed by atoms with van der Waals surface area (Å²) in [6.07, 6.45) is -0.199. The van der Waals surface area contributed by atoms with Crippen molar-refractivity contribution in [2.75, 3.05) is 0 Å². The van der Waals surface area contributed by atoms with Crippen LogP contribution < -0.4 is 4.74 Å². The van der Waals surface area contributed by atoms with E-state index in [1.807, 2.05) is 12.1 Å². The molecule has 3 aromatic carbocycles. The first-order valence-electron chi connectivity index (χ1n) is 8.85. The maximum atomic E-state index is 12.3. The Morgan fingerprint density at radius 1 is 0.714 bits per heavy atom. The third kappa shape index (κ3) is 4.76. The third-order valence-corrected chi connectivity index (χ3v) is 3.96. The topological polar surface area (TPSA) is 72.8 Å². The van der Waals surface area contributed by atoms with Crippen molar-refractivity contribution in [3.8, 4) is 22.6 Å². The Morgan fingerprint density at radius 3 is 1.71 bits per heavy atom. The summed E-state index contributed by atoms with van der Waals surface area (Å²) in [6.45, 7) is 3.56. The van der Waals surface area contributed by atoms with Gasteiger partial charge in [-0.05, 0) is 73.5 Å². The van der Waals surface area contributed by atoms with Gasteiger partial charge in [0.25, 0.3) is 0 Å². The Morgan fingerprint density at radius 2 is 1.18 bits per heavy atom. The molecule has 0 aliphatic carbocycles. The number of phenols is 1. The summed E-state index contributed by atoms with van der Waals surface area (Å²) in [5, 5.41) is 9.36. The highest BCUT2D eigenvalue weighted by atomic mass is 16.5. The first kappa shape index (κ1) is 19.2. The molecule has 5 heteroatoms. The molecule has 0 atom stereocenters. The number of phenolic OH excluding ortho intramolecular Hbond substituents is 1. The number of rotatable bonds is 5. The van der Waals surface area contributed by atoms with Crippen molar-refractivity contribution in [1.29, 1.82) is 0 Å². The van der Waals surface area contributed by atoms with E-state index >= 15 is 0 Å². The van der Waals surface area contributed by atoms with Gasteiger partial charge >= 0.3 is 11.9 Å². The molecule has 5 nitrogen and oxygen atoms in total. The number of hydrogen-bond acceptors (Lipinski definition) is 5. The number of benzene rings is 3. The van der Waals surface area contributed by atoms with Crippen molar-refractivity contribution >= 4 is 11.9 Å². The van der Waals surface area contributed by atoms with Gasteiger partial charge in [0, 0.05) is 0 Å². The molecule has 142 valence electrons. The number of esters is 2. The van der Waals surface area contributed by atoms with Gasteiger partial charge in [0.05, 0.1) is 17.2 Å². The summed E-state index contributed by atoms with van der Waals surface area (Å²) in [5.41, 5.74) is 2.66. The van der Waals surface area contributed by atoms with Gasteiger partial charge in [-0.25, -0.2) is 9.59 Å². The van der Waals surface area contributed by atoms with Crippen molar-refractivity contribution in [2.24, 2.45) is 0 Å². The van der Waals surface area contributed by atoms with Gasteiger partial charge in [-0.1, -0.05) is 24.3 Å². The lowest BCUT2D eigenvalue weighted by Crippen LogP contribution is -2.12. The lowest BCUT2D eigenvalue weighted by atomic mass is 10.0. The normalized spacial score (nSPS) is 10.5. The molecular formula is C23H20O5. The van der Waals surface area contributed by atoms with Crippen LogP contribution >= 0.6 is 0 Å². The molecule has 0 bridgehead atoms. The Labute approximate surface area is 163 Å². The Hall–Kier alpha value is -3.60. The van der Waals surface area contributed by atoms with E-state index in [4.69, 9.17) is 9.47 Å². The second-order valence-electron chi connectivity index (χ2n) is 6.49. The fraction of sp³-hybridized carbons (Fsp3) is 0.130. The minimum atomic E-state index is -0.491. The molecule has 3 rings (SSSR count). The zero-order valence-electron chi connectivity index (χ0n) is 15.6. The van der Waals surface area contributed by atoms with Gasteiger partial charge in [-0.3, -0.25) is 0 Å². The molecule has 0 heterocycles. The van der Waals surface area contributed by atoms with Crippen molar-refractivity contribution in [2.45, 2.75) is 20.0 Å². The number of ether oxygens (including phenoxy) is 2. The molecule has 28 heavy (non-hydrogen) atoms. The lowest BCUT2D eigenvalue weighted by molar-refractivity contribution is 0.0378. The number of hydrogen-bond donors (Lipinski definition) is 1. The summed E-state index contributed by atoms with van der Waals surface area (Å²) in [6, 6.07) is 20.0. The van der Waals surface area contributed by atoms with Crippen LogP contribution in [0.2, 0.25) is 0 Å². The monoisotopic (exact) mass is 376 g/mol. The van der Waals surface area contributed by atoms with Gasteiger partial charge in [0.2, 0.25) is 0 Å². The highest BCUT2D eigenvalue weighted by molar-refractivity contribution is 5.92. The highest BCUT2D eigenvalue weighted by Gasteiger charge is 2.12. The van der Waals surface area contributed by atoms with Crippen molar-refractivity contribution in [3.05, 3.63) is 83.9 Å². The third-order valence-electron chi connectivity index (χ3n) is 3.96. The van der Waals surface area contributed by atoms with E-state index in [0.29, 0.717) is 16.9 Å². The predicted molar refractivity (Wildman–Crippen MR) is 105 cm³/mol. The molecule has 0 aliphatic heterocycles. The zero-order chi connectivity index (χ0) is 20.1. The van der Waals surface area contributed by atoms with Gasteiger partial charge in [-0.2, -0.15) is 0 Å². The van der Waals surface area contributed by atoms with Crippen molar-refractivity contribution < 1.29 is 24.2 Å². The van der Waals surface area contributed by atoms with Crippen molar-refractivity contribution in [1.82, 2.24) is 0 Å². The van der Waals surface area contributed by atoms with Crippen LogP contribution in [-0.4, -0.2) is 23.1 Å². The molecule has 0 saturated carbocycles. The van der Waals surface area contributed by atoms with Crippen LogP contribution in [0.3, 0.4) is 0 Å². The van der Waals surface area contributed by atoms with Crippen LogP contribution in [-0.2, 0) is 4.74 Å². The smallest absolute Gasteiger partial charge is 0.343 e. The lowest BCUT2D eigenvalue weighted by Gasteiger charge is -2.09. The SMILES string of the molecule is CC(C)OC(=O)c1ccc(OC(=O)c2ccc(-c3ccc(O)cc3)cc2)cc1. The number of carbonyl (C=O) groups is 2. The standard InChI is InChI=1S/C23H20O5/c1-15(2)27-22(25)19-9-13-21(14-10-19)28-23(26)18-5-3-16(4-6-18)17-7-11-20(24)12-8-17/h3-15,24H,1-2H3. The van der Waals surface area contributed by atoms with E-state index in [1.54, 1.807) is 74.5 Å². The van der Waals surface area contributed by atoms with E-state index in [-0.39, 0.29) is 11.9 Å². The second-order valence-corrected chi connectivity index (χ2v) is 6.49. The average molecular weight is 376 g/mol. The largest absolute Gasteiger partial charge is 0.508 e. The van der Waals surface area contributed by atoms with Crippen LogP contribution in [0.25, 0.3) is 11.1 Å². The van der Waals surface area contributed by atoms with Gasteiger partial charge in [0.15, 0.2) is 0 Å². The maximum absolute atomic E-state index is 12.3. The molecule has 3 aromatic rings. The van der Waals surface area contributed by atoms with Crippen LogP contribution in [0.15, 0.2) is 72.8 Å². The Kier molecular flexibility index (Phi) is 5.75. The molecule has 0 radical (unpaired) electrons. The fourth-order valence-electron chi connectivity index (χ4n) is 2.56. The van der Waals surface area contributed by atoms with Crippen LogP contribution in [0, 0.1) is 0 Å². The molecule has 0 fully saturated rings. The summed E-state index contributed by atoms with van der Waals surface area (Å²) < 4.78 is 10.5. The molecule has 1 N–H and O–H groups in total. The number of aromatic hydroxyl groups is 1. The van der Waals surface area contributed by atoms with Gasteiger partial charge < -0.3 is 14.6 Å². The Balaban J connectivity index is 1.66. The van der Waals surface area contributed by atoms with Crippen LogP contribution in [0.4, 0.5) is 0 Å². The quantitative estimate of drug-likeness (QED) is 0.509. The summed E-state index contributed by atoms with van der Waals surface area (Å²) in [4.78, 5) is 24.2. The first-order valence-corrected chi connectivity index (χ1v) is 8.85. The van der Waals surface area contributed by atoms with E-state index in [9.17, 15) is 14.7 Å². The minimum Gasteiger partial charge on any atom is -0.508 e.